The molecule has 0 unspecified atom stereocenters. The average Bonchev–Trinajstić information content (AvgIpc) is 3.22. The molecule has 2 amide bonds. The minimum absolute atomic E-state index is 0.116. The zero-order chi connectivity index (χ0) is 17.9. The van der Waals surface area contributed by atoms with Crippen LogP contribution >= 0.6 is 0 Å². The first-order valence-electron chi connectivity index (χ1n) is 7.68. The maximum atomic E-state index is 11.9. The summed E-state index contributed by atoms with van der Waals surface area (Å²) in [7, 11) is -3.25. The maximum absolute atomic E-state index is 11.9. The number of hydrogen-bond donors (Lipinski definition) is 2. The summed E-state index contributed by atoms with van der Waals surface area (Å²) < 4.78 is 30.2. The standard InChI is InChI=1S/C16H17N3O5S/c20-15(17-11-14-3-1-9-24-14)16(21)18-12-4-6-13(7-5-12)19-8-2-10-25(19,22)23/h1,3-7,9H,2,8,10-11H2,(H,17,20)(H,18,21). The van der Waals surface area contributed by atoms with Gasteiger partial charge in [0.1, 0.15) is 5.76 Å². The molecule has 25 heavy (non-hydrogen) atoms. The van der Waals surface area contributed by atoms with Gasteiger partial charge in [-0.3, -0.25) is 13.9 Å². The Balaban J connectivity index is 1.57. The van der Waals surface area contributed by atoms with E-state index >= 15 is 0 Å². The molecule has 0 radical (unpaired) electrons. The van der Waals surface area contributed by atoms with Crippen LogP contribution in [0.2, 0.25) is 0 Å². The molecule has 0 bridgehead atoms. The van der Waals surface area contributed by atoms with Gasteiger partial charge in [0, 0.05) is 12.2 Å². The first kappa shape index (κ1) is 17.0. The number of nitrogens with zero attached hydrogens (tertiary/aromatic N) is 1. The predicted octanol–water partition coefficient (Wildman–Crippen LogP) is 1.07. The molecule has 0 atom stereocenters. The number of rotatable bonds is 4. The summed E-state index contributed by atoms with van der Waals surface area (Å²) in [6.07, 6.45) is 2.07. The molecule has 2 heterocycles. The monoisotopic (exact) mass is 363 g/mol. The quantitative estimate of drug-likeness (QED) is 0.790. The van der Waals surface area contributed by atoms with Crippen molar-refractivity contribution in [2.75, 3.05) is 21.9 Å². The fourth-order valence-electron chi connectivity index (χ4n) is 2.49. The summed E-state index contributed by atoms with van der Waals surface area (Å²) in [5, 5.41) is 4.90. The summed E-state index contributed by atoms with van der Waals surface area (Å²) in [6.45, 7) is 0.564. The van der Waals surface area contributed by atoms with Crippen LogP contribution in [0.25, 0.3) is 0 Å². The Morgan fingerprint density at radius 3 is 2.48 bits per heavy atom. The van der Waals surface area contributed by atoms with Crippen molar-refractivity contribution in [1.82, 2.24) is 5.32 Å². The second kappa shape index (κ2) is 6.98. The van der Waals surface area contributed by atoms with Crippen LogP contribution in [0.5, 0.6) is 0 Å². The van der Waals surface area contributed by atoms with Gasteiger partial charge in [-0.1, -0.05) is 0 Å². The molecule has 1 saturated heterocycles. The van der Waals surface area contributed by atoms with Crippen molar-refractivity contribution in [3.63, 3.8) is 0 Å². The number of carbonyl (C=O) groups is 2. The molecule has 0 aliphatic carbocycles. The molecule has 1 fully saturated rings. The number of furan rings is 1. The summed E-state index contributed by atoms with van der Waals surface area (Å²) in [5.74, 6) is -0.922. The largest absolute Gasteiger partial charge is 0.467 e. The van der Waals surface area contributed by atoms with Gasteiger partial charge in [0.25, 0.3) is 0 Å². The molecule has 1 aliphatic rings. The summed E-state index contributed by atoms with van der Waals surface area (Å²) in [5.41, 5.74) is 0.941. The molecular weight excluding hydrogens is 346 g/mol. The summed E-state index contributed by atoms with van der Waals surface area (Å²) in [4.78, 5) is 23.6. The molecule has 8 nitrogen and oxygen atoms in total. The van der Waals surface area contributed by atoms with Gasteiger partial charge in [-0.05, 0) is 42.8 Å². The van der Waals surface area contributed by atoms with Crippen LogP contribution < -0.4 is 14.9 Å². The first-order valence-corrected chi connectivity index (χ1v) is 9.29. The van der Waals surface area contributed by atoms with Gasteiger partial charge in [0.15, 0.2) is 0 Å². The number of nitrogens with one attached hydrogen (secondary N) is 2. The van der Waals surface area contributed by atoms with Crippen LogP contribution in [0.3, 0.4) is 0 Å². The zero-order valence-corrected chi connectivity index (χ0v) is 14.1. The predicted molar refractivity (Wildman–Crippen MR) is 91.4 cm³/mol. The van der Waals surface area contributed by atoms with Crippen LogP contribution in [0, 0.1) is 0 Å². The lowest BCUT2D eigenvalue weighted by atomic mass is 10.2. The van der Waals surface area contributed by atoms with Crippen molar-refractivity contribution in [3.05, 3.63) is 48.4 Å². The highest BCUT2D eigenvalue weighted by atomic mass is 32.2. The Bertz CT molecular complexity index is 860. The topological polar surface area (TPSA) is 109 Å². The average molecular weight is 363 g/mol. The molecule has 1 aliphatic heterocycles. The van der Waals surface area contributed by atoms with Gasteiger partial charge in [0.05, 0.1) is 24.2 Å². The van der Waals surface area contributed by atoms with Crippen molar-refractivity contribution >= 4 is 33.2 Å². The molecule has 132 valence electrons. The van der Waals surface area contributed by atoms with Crippen molar-refractivity contribution in [2.45, 2.75) is 13.0 Å². The number of sulfonamides is 1. The number of carbonyl (C=O) groups excluding carboxylic acids is 2. The molecule has 2 aromatic rings. The fourth-order valence-corrected chi connectivity index (χ4v) is 4.05. The van der Waals surface area contributed by atoms with E-state index < -0.39 is 21.8 Å². The van der Waals surface area contributed by atoms with Crippen LogP contribution in [-0.4, -0.2) is 32.5 Å². The Kier molecular flexibility index (Phi) is 4.75. The van der Waals surface area contributed by atoms with Gasteiger partial charge >= 0.3 is 11.8 Å². The minimum Gasteiger partial charge on any atom is -0.467 e. The summed E-state index contributed by atoms with van der Waals surface area (Å²) >= 11 is 0. The SMILES string of the molecule is O=C(NCc1ccco1)C(=O)Nc1ccc(N2CCCS2(=O)=O)cc1. The fraction of sp³-hybridized carbons (Fsp3) is 0.250. The number of amides is 2. The second-order valence-corrected chi connectivity index (χ2v) is 7.52. The summed E-state index contributed by atoms with van der Waals surface area (Å²) in [6, 6.07) is 9.67. The molecule has 3 rings (SSSR count). The lowest BCUT2D eigenvalue weighted by Crippen LogP contribution is -2.34. The van der Waals surface area contributed by atoms with Gasteiger partial charge in [-0.2, -0.15) is 0 Å². The third-order valence-electron chi connectivity index (χ3n) is 3.72. The Hall–Kier alpha value is -2.81. The van der Waals surface area contributed by atoms with E-state index in [2.05, 4.69) is 10.6 Å². The molecule has 9 heteroatoms. The first-order chi connectivity index (χ1) is 12.0. The van der Waals surface area contributed by atoms with Crippen molar-refractivity contribution in [2.24, 2.45) is 0 Å². The van der Waals surface area contributed by atoms with E-state index in [4.69, 9.17) is 4.42 Å². The molecule has 1 aromatic carbocycles. The van der Waals surface area contributed by atoms with Crippen LogP contribution in [0.4, 0.5) is 11.4 Å². The Morgan fingerprint density at radius 1 is 1.12 bits per heavy atom. The molecule has 1 aromatic heterocycles. The van der Waals surface area contributed by atoms with E-state index in [0.29, 0.717) is 30.1 Å². The van der Waals surface area contributed by atoms with Crippen LogP contribution in [0.15, 0.2) is 47.1 Å². The third-order valence-corrected chi connectivity index (χ3v) is 5.59. The van der Waals surface area contributed by atoms with E-state index in [9.17, 15) is 18.0 Å². The van der Waals surface area contributed by atoms with E-state index in [0.717, 1.165) is 0 Å². The van der Waals surface area contributed by atoms with E-state index in [1.807, 2.05) is 0 Å². The van der Waals surface area contributed by atoms with Crippen molar-refractivity contribution < 1.29 is 22.4 Å². The second-order valence-electron chi connectivity index (χ2n) is 5.50. The van der Waals surface area contributed by atoms with E-state index in [-0.39, 0.29) is 12.3 Å². The van der Waals surface area contributed by atoms with Gasteiger partial charge < -0.3 is 15.1 Å². The highest BCUT2D eigenvalue weighted by Gasteiger charge is 2.28. The number of anilines is 2. The molecule has 2 N–H and O–H groups in total. The van der Waals surface area contributed by atoms with E-state index in [1.165, 1.54) is 10.6 Å². The van der Waals surface area contributed by atoms with Gasteiger partial charge in [0.2, 0.25) is 10.0 Å². The normalized spacial score (nSPS) is 15.8. The highest BCUT2D eigenvalue weighted by Crippen LogP contribution is 2.25. The zero-order valence-electron chi connectivity index (χ0n) is 13.3. The molecule has 0 spiro atoms. The van der Waals surface area contributed by atoms with Crippen molar-refractivity contribution in [1.29, 1.82) is 0 Å². The third kappa shape index (κ3) is 4.00. The van der Waals surface area contributed by atoms with Crippen molar-refractivity contribution in [3.8, 4) is 0 Å². The smallest absolute Gasteiger partial charge is 0.313 e. The van der Waals surface area contributed by atoms with Crippen LogP contribution in [0.1, 0.15) is 12.2 Å². The highest BCUT2D eigenvalue weighted by molar-refractivity contribution is 7.93. The van der Waals surface area contributed by atoms with Crippen LogP contribution in [-0.2, 0) is 26.2 Å². The van der Waals surface area contributed by atoms with Gasteiger partial charge in [-0.15, -0.1) is 0 Å². The maximum Gasteiger partial charge on any atom is 0.313 e. The number of hydrogen-bond acceptors (Lipinski definition) is 5. The molecular formula is C16H17N3O5S. The lowest BCUT2D eigenvalue weighted by Gasteiger charge is -2.17. The molecule has 0 saturated carbocycles. The van der Waals surface area contributed by atoms with Gasteiger partial charge in [-0.25, -0.2) is 8.42 Å². The lowest BCUT2D eigenvalue weighted by molar-refractivity contribution is -0.136. The van der Waals surface area contributed by atoms with E-state index in [1.54, 1.807) is 36.4 Å². The number of benzene rings is 1. The minimum atomic E-state index is -3.25. The Labute approximate surface area is 144 Å². The Morgan fingerprint density at radius 2 is 1.88 bits per heavy atom.